The Morgan fingerprint density at radius 2 is 1.96 bits per heavy atom. The normalized spacial score (nSPS) is 10.5. The fourth-order valence-corrected chi connectivity index (χ4v) is 2.40. The van der Waals surface area contributed by atoms with Gasteiger partial charge in [0.1, 0.15) is 5.75 Å². The molecular weight excluding hydrogens is 328 g/mol. The molecule has 3 aromatic rings. The van der Waals surface area contributed by atoms with Crippen molar-refractivity contribution in [1.82, 2.24) is 9.55 Å². The Morgan fingerprint density at radius 3 is 2.72 bits per heavy atom. The summed E-state index contributed by atoms with van der Waals surface area (Å²) in [7, 11) is 1.57. The van der Waals surface area contributed by atoms with Crippen molar-refractivity contribution >= 4 is 5.82 Å². The van der Waals surface area contributed by atoms with Crippen LogP contribution in [0.5, 0.6) is 5.75 Å². The van der Waals surface area contributed by atoms with E-state index in [2.05, 4.69) is 10.3 Å². The Labute approximate surface area is 142 Å². The number of para-hydroxylation sites is 1. The highest BCUT2D eigenvalue weighted by Gasteiger charge is 2.10. The summed E-state index contributed by atoms with van der Waals surface area (Å²) in [6, 6.07) is 10.6. The summed E-state index contributed by atoms with van der Waals surface area (Å²) in [5, 5.41) is 2.95. The molecule has 0 atom stereocenters. The molecule has 0 fully saturated rings. The molecule has 7 heteroatoms. The second kappa shape index (κ2) is 7.12. The Kier molecular flexibility index (Phi) is 4.74. The standard InChI is InChI=1S/C18H15F2N3O2/c1-25-16-5-3-2-4-12(16)11-22-17-18(24)23(9-8-21-17)13-6-7-14(19)15(20)10-13/h2-10H,11H2,1H3,(H,21,22). The molecule has 25 heavy (non-hydrogen) atoms. The highest BCUT2D eigenvalue weighted by molar-refractivity contribution is 5.41. The molecule has 1 aromatic heterocycles. The van der Waals surface area contributed by atoms with Crippen LogP contribution >= 0.6 is 0 Å². The van der Waals surface area contributed by atoms with Crippen LogP contribution in [0.4, 0.5) is 14.6 Å². The number of benzene rings is 2. The molecule has 0 saturated heterocycles. The van der Waals surface area contributed by atoms with Crippen molar-refractivity contribution in [2.45, 2.75) is 6.54 Å². The van der Waals surface area contributed by atoms with E-state index in [1.165, 1.54) is 23.0 Å². The molecule has 3 rings (SSSR count). The monoisotopic (exact) mass is 343 g/mol. The summed E-state index contributed by atoms with van der Waals surface area (Å²) in [5.74, 6) is -1.21. The topological polar surface area (TPSA) is 56.1 Å². The van der Waals surface area contributed by atoms with Crippen molar-refractivity contribution in [3.8, 4) is 11.4 Å². The first kappa shape index (κ1) is 16.6. The molecule has 0 bridgehead atoms. The van der Waals surface area contributed by atoms with Gasteiger partial charge in [-0.05, 0) is 18.2 Å². The van der Waals surface area contributed by atoms with Gasteiger partial charge in [0.25, 0.3) is 5.56 Å². The van der Waals surface area contributed by atoms with Crippen LogP contribution in [0.2, 0.25) is 0 Å². The van der Waals surface area contributed by atoms with Crippen LogP contribution in [0.1, 0.15) is 5.56 Å². The lowest BCUT2D eigenvalue weighted by Gasteiger charge is -2.11. The fraction of sp³-hybridized carbons (Fsp3) is 0.111. The third kappa shape index (κ3) is 3.50. The van der Waals surface area contributed by atoms with E-state index in [4.69, 9.17) is 4.74 Å². The number of anilines is 1. The highest BCUT2D eigenvalue weighted by atomic mass is 19.2. The van der Waals surface area contributed by atoms with Crippen LogP contribution in [-0.2, 0) is 6.54 Å². The van der Waals surface area contributed by atoms with Crippen molar-refractivity contribution in [2.75, 3.05) is 12.4 Å². The van der Waals surface area contributed by atoms with E-state index in [1.807, 2.05) is 24.3 Å². The maximum atomic E-state index is 13.4. The van der Waals surface area contributed by atoms with Crippen LogP contribution in [0.15, 0.2) is 59.7 Å². The van der Waals surface area contributed by atoms with Crippen molar-refractivity contribution < 1.29 is 13.5 Å². The number of ether oxygens (including phenoxy) is 1. The van der Waals surface area contributed by atoms with Gasteiger partial charge in [0.2, 0.25) is 0 Å². The third-order valence-electron chi connectivity index (χ3n) is 3.66. The Morgan fingerprint density at radius 1 is 1.16 bits per heavy atom. The van der Waals surface area contributed by atoms with Gasteiger partial charge in [-0.25, -0.2) is 13.8 Å². The minimum absolute atomic E-state index is 0.0955. The predicted octanol–water partition coefficient (Wildman–Crippen LogP) is 3.13. The molecule has 1 heterocycles. The van der Waals surface area contributed by atoms with Crippen molar-refractivity contribution in [3.63, 3.8) is 0 Å². The quantitative estimate of drug-likeness (QED) is 0.773. The van der Waals surface area contributed by atoms with Gasteiger partial charge in [-0.1, -0.05) is 18.2 Å². The smallest absolute Gasteiger partial charge is 0.297 e. The zero-order chi connectivity index (χ0) is 17.8. The first-order valence-electron chi connectivity index (χ1n) is 7.49. The van der Waals surface area contributed by atoms with Gasteiger partial charge in [-0.15, -0.1) is 0 Å². The van der Waals surface area contributed by atoms with E-state index in [1.54, 1.807) is 7.11 Å². The van der Waals surface area contributed by atoms with E-state index in [0.717, 1.165) is 17.7 Å². The van der Waals surface area contributed by atoms with E-state index >= 15 is 0 Å². The SMILES string of the molecule is COc1ccccc1CNc1nccn(-c2ccc(F)c(F)c2)c1=O. The van der Waals surface area contributed by atoms with Crippen LogP contribution in [-0.4, -0.2) is 16.7 Å². The number of rotatable bonds is 5. The number of methoxy groups -OCH3 is 1. The van der Waals surface area contributed by atoms with Gasteiger partial charge < -0.3 is 10.1 Å². The lowest BCUT2D eigenvalue weighted by molar-refractivity contribution is 0.410. The number of nitrogens with one attached hydrogen (secondary N) is 1. The zero-order valence-electron chi connectivity index (χ0n) is 13.4. The average molecular weight is 343 g/mol. The molecule has 2 aromatic carbocycles. The zero-order valence-corrected chi connectivity index (χ0v) is 13.4. The molecule has 5 nitrogen and oxygen atoms in total. The Balaban J connectivity index is 1.89. The second-order valence-electron chi connectivity index (χ2n) is 5.21. The molecule has 0 radical (unpaired) electrons. The molecule has 0 amide bonds. The highest BCUT2D eigenvalue weighted by Crippen LogP contribution is 2.18. The third-order valence-corrected chi connectivity index (χ3v) is 3.66. The molecule has 0 aliphatic rings. The first-order chi connectivity index (χ1) is 12.1. The largest absolute Gasteiger partial charge is 0.496 e. The van der Waals surface area contributed by atoms with Gasteiger partial charge in [0.05, 0.1) is 12.8 Å². The van der Waals surface area contributed by atoms with Crippen LogP contribution in [0.25, 0.3) is 5.69 Å². The van der Waals surface area contributed by atoms with Gasteiger partial charge in [-0.3, -0.25) is 9.36 Å². The summed E-state index contributed by atoms with van der Waals surface area (Å²) in [6.07, 6.45) is 2.80. The predicted molar refractivity (Wildman–Crippen MR) is 90.1 cm³/mol. The van der Waals surface area contributed by atoms with E-state index in [0.29, 0.717) is 12.3 Å². The van der Waals surface area contributed by atoms with Crippen LogP contribution in [0, 0.1) is 11.6 Å². The fourth-order valence-electron chi connectivity index (χ4n) is 2.40. The van der Waals surface area contributed by atoms with Gasteiger partial charge in [0, 0.05) is 30.6 Å². The Bertz CT molecular complexity index is 957. The minimum Gasteiger partial charge on any atom is -0.496 e. The number of nitrogens with zero attached hydrogens (tertiary/aromatic N) is 2. The minimum atomic E-state index is -1.02. The van der Waals surface area contributed by atoms with Gasteiger partial charge in [0.15, 0.2) is 17.5 Å². The number of halogens is 2. The summed E-state index contributed by atoms with van der Waals surface area (Å²) < 4.78 is 32.9. The van der Waals surface area contributed by atoms with Crippen LogP contribution in [0.3, 0.4) is 0 Å². The summed E-state index contributed by atoms with van der Waals surface area (Å²) in [4.78, 5) is 16.6. The summed E-state index contributed by atoms with van der Waals surface area (Å²) in [6.45, 7) is 0.327. The molecule has 0 spiro atoms. The second-order valence-corrected chi connectivity index (χ2v) is 5.21. The number of hydrogen-bond donors (Lipinski definition) is 1. The molecule has 1 N–H and O–H groups in total. The molecule has 0 aliphatic heterocycles. The van der Waals surface area contributed by atoms with Crippen molar-refractivity contribution in [2.24, 2.45) is 0 Å². The lowest BCUT2D eigenvalue weighted by atomic mass is 10.2. The molecular formula is C18H15F2N3O2. The first-order valence-corrected chi connectivity index (χ1v) is 7.49. The van der Waals surface area contributed by atoms with Crippen molar-refractivity contribution in [1.29, 1.82) is 0 Å². The number of hydrogen-bond acceptors (Lipinski definition) is 4. The van der Waals surface area contributed by atoms with Crippen molar-refractivity contribution in [3.05, 3.63) is 82.4 Å². The van der Waals surface area contributed by atoms with Gasteiger partial charge in [-0.2, -0.15) is 0 Å². The van der Waals surface area contributed by atoms with E-state index in [-0.39, 0.29) is 11.5 Å². The molecule has 0 unspecified atom stereocenters. The molecule has 128 valence electrons. The summed E-state index contributed by atoms with van der Waals surface area (Å²) >= 11 is 0. The Hall–Kier alpha value is -3.22. The summed E-state index contributed by atoms with van der Waals surface area (Å²) in [5.41, 5.74) is 0.601. The number of aromatic nitrogens is 2. The molecule has 0 saturated carbocycles. The average Bonchev–Trinajstić information content (AvgIpc) is 2.63. The molecule has 0 aliphatic carbocycles. The maximum absolute atomic E-state index is 13.4. The van der Waals surface area contributed by atoms with E-state index < -0.39 is 17.2 Å². The maximum Gasteiger partial charge on any atom is 0.297 e. The lowest BCUT2D eigenvalue weighted by Crippen LogP contribution is -2.23. The van der Waals surface area contributed by atoms with E-state index in [9.17, 15) is 13.6 Å². The van der Waals surface area contributed by atoms with Crippen LogP contribution < -0.4 is 15.6 Å². The van der Waals surface area contributed by atoms with Gasteiger partial charge >= 0.3 is 0 Å².